The van der Waals surface area contributed by atoms with Crippen molar-refractivity contribution in [2.24, 2.45) is 0 Å². The molecule has 0 saturated carbocycles. The fourth-order valence-electron chi connectivity index (χ4n) is 2.51. The van der Waals surface area contributed by atoms with Crippen molar-refractivity contribution in [1.29, 1.82) is 0 Å². The predicted molar refractivity (Wildman–Crippen MR) is 104 cm³/mol. The molecule has 7 heteroatoms. The number of hydrogen-bond acceptors (Lipinski definition) is 7. The average Bonchev–Trinajstić information content (AvgIpc) is 3.41. The van der Waals surface area contributed by atoms with E-state index >= 15 is 0 Å². The van der Waals surface area contributed by atoms with Crippen molar-refractivity contribution >= 4 is 17.3 Å². The van der Waals surface area contributed by atoms with E-state index in [0.717, 1.165) is 4.88 Å². The van der Waals surface area contributed by atoms with Crippen molar-refractivity contribution in [3.63, 3.8) is 0 Å². The van der Waals surface area contributed by atoms with Gasteiger partial charge in [0, 0.05) is 0 Å². The molecular formula is C21H16N2O4S. The summed E-state index contributed by atoms with van der Waals surface area (Å²) in [6.07, 6.45) is -0.696. The van der Waals surface area contributed by atoms with Crippen LogP contribution in [0.2, 0.25) is 0 Å². The molecule has 2 aromatic heterocycles. The van der Waals surface area contributed by atoms with Crippen LogP contribution < -0.4 is 4.74 Å². The summed E-state index contributed by atoms with van der Waals surface area (Å²) in [5.74, 6) is 1.15. The molecule has 0 amide bonds. The molecule has 0 aliphatic rings. The number of benzene rings is 2. The molecule has 2 aromatic carbocycles. The Hall–Kier alpha value is -3.45. The van der Waals surface area contributed by atoms with Crippen LogP contribution in [0, 0.1) is 0 Å². The third-order valence-electron chi connectivity index (χ3n) is 3.88. The van der Waals surface area contributed by atoms with Gasteiger partial charge in [-0.05, 0) is 42.6 Å². The van der Waals surface area contributed by atoms with Gasteiger partial charge in [0.25, 0.3) is 11.8 Å². The second-order valence-electron chi connectivity index (χ2n) is 5.88. The van der Waals surface area contributed by atoms with Crippen LogP contribution in [-0.4, -0.2) is 16.2 Å². The topological polar surface area (TPSA) is 74.5 Å². The van der Waals surface area contributed by atoms with Crippen molar-refractivity contribution in [1.82, 2.24) is 10.2 Å². The van der Waals surface area contributed by atoms with Crippen molar-refractivity contribution in [2.45, 2.75) is 13.0 Å². The van der Waals surface area contributed by atoms with E-state index in [2.05, 4.69) is 10.2 Å². The van der Waals surface area contributed by atoms with Gasteiger partial charge in [-0.1, -0.05) is 36.4 Å². The van der Waals surface area contributed by atoms with Crippen LogP contribution in [0.25, 0.3) is 10.8 Å². The number of carbonyl (C=O) groups is 1. The van der Waals surface area contributed by atoms with Gasteiger partial charge in [-0.3, -0.25) is 0 Å². The Morgan fingerprint density at radius 3 is 2.57 bits per heavy atom. The second kappa shape index (κ2) is 8.06. The lowest BCUT2D eigenvalue weighted by molar-refractivity contribution is 0.0277. The third-order valence-corrected chi connectivity index (χ3v) is 4.74. The zero-order valence-electron chi connectivity index (χ0n) is 14.9. The highest BCUT2D eigenvalue weighted by Crippen LogP contribution is 2.29. The van der Waals surface area contributed by atoms with Gasteiger partial charge in [-0.15, -0.1) is 21.5 Å². The number of ether oxygens (including phenoxy) is 2. The Labute approximate surface area is 165 Å². The summed E-state index contributed by atoms with van der Waals surface area (Å²) in [6, 6.07) is 19.9. The number of aromatic nitrogens is 2. The molecule has 28 heavy (non-hydrogen) atoms. The summed E-state index contributed by atoms with van der Waals surface area (Å²) in [4.78, 5) is 13.5. The highest BCUT2D eigenvalue weighted by Gasteiger charge is 2.22. The molecule has 6 nitrogen and oxygen atoms in total. The van der Waals surface area contributed by atoms with E-state index < -0.39 is 12.1 Å². The Balaban J connectivity index is 1.49. The number of thiophene rings is 1. The molecule has 0 unspecified atom stereocenters. The molecular weight excluding hydrogens is 376 g/mol. The van der Waals surface area contributed by atoms with Crippen LogP contribution >= 0.6 is 11.3 Å². The molecule has 0 radical (unpaired) electrons. The predicted octanol–water partition coefficient (Wildman–Crippen LogP) is 5.51. The smallest absolute Gasteiger partial charge is 0.342 e. The van der Waals surface area contributed by atoms with E-state index in [1.165, 1.54) is 11.3 Å². The Kier molecular flexibility index (Phi) is 5.16. The second-order valence-corrected chi connectivity index (χ2v) is 6.83. The van der Waals surface area contributed by atoms with Crippen molar-refractivity contribution in [3.8, 4) is 22.3 Å². The van der Waals surface area contributed by atoms with Crippen LogP contribution in [-0.2, 0) is 4.74 Å². The van der Waals surface area contributed by atoms with Gasteiger partial charge in [0.15, 0.2) is 6.10 Å². The van der Waals surface area contributed by atoms with Gasteiger partial charge in [0.05, 0.1) is 4.88 Å². The van der Waals surface area contributed by atoms with Crippen LogP contribution in [0.1, 0.15) is 29.3 Å². The summed E-state index contributed by atoms with van der Waals surface area (Å²) in [7, 11) is 0. The fourth-order valence-corrected chi connectivity index (χ4v) is 3.16. The summed E-state index contributed by atoms with van der Waals surface area (Å²) >= 11 is 1.49. The van der Waals surface area contributed by atoms with Crippen LogP contribution in [0.5, 0.6) is 11.5 Å². The van der Waals surface area contributed by atoms with Crippen molar-refractivity contribution < 1.29 is 18.7 Å². The molecule has 0 aliphatic heterocycles. The summed E-state index contributed by atoms with van der Waals surface area (Å²) < 4.78 is 17.0. The maximum Gasteiger partial charge on any atom is 0.342 e. The molecule has 0 saturated heterocycles. The maximum absolute atomic E-state index is 12.7. The Bertz CT molecular complexity index is 1060. The quantitative estimate of drug-likeness (QED) is 0.403. The largest absolute Gasteiger partial charge is 0.456 e. The first-order valence-electron chi connectivity index (χ1n) is 8.61. The number of carbonyl (C=O) groups excluding carboxylic acids is 1. The standard InChI is InChI=1S/C21H16N2O4S/c1-14(19-22-23-20(27-19)18-12-7-13-28-18)25-21(24)16-10-5-6-11-17(16)26-15-8-3-2-4-9-15/h2-14H,1H3/t14-/m1/s1. The molecule has 0 N–H and O–H groups in total. The molecule has 0 aliphatic carbocycles. The third kappa shape index (κ3) is 3.94. The number of hydrogen-bond donors (Lipinski definition) is 0. The molecule has 140 valence electrons. The fraction of sp³-hybridized carbons (Fsp3) is 0.0952. The lowest BCUT2D eigenvalue weighted by atomic mass is 10.2. The van der Waals surface area contributed by atoms with Gasteiger partial charge >= 0.3 is 5.97 Å². The minimum atomic E-state index is -0.696. The van der Waals surface area contributed by atoms with Gasteiger partial charge < -0.3 is 13.9 Å². The SMILES string of the molecule is C[C@@H](OC(=O)c1ccccc1Oc1ccccc1)c1nnc(-c2cccs2)o1. The first-order chi connectivity index (χ1) is 13.7. The normalized spacial score (nSPS) is 11.8. The molecule has 1 atom stereocenters. The van der Waals surface area contributed by atoms with Crippen molar-refractivity contribution in [3.05, 3.63) is 83.6 Å². The minimum Gasteiger partial charge on any atom is -0.456 e. The molecule has 4 aromatic rings. The highest BCUT2D eigenvalue weighted by atomic mass is 32.1. The number of rotatable bonds is 6. The number of esters is 1. The molecule has 2 heterocycles. The highest BCUT2D eigenvalue weighted by molar-refractivity contribution is 7.13. The van der Waals surface area contributed by atoms with E-state index in [1.807, 2.05) is 47.8 Å². The van der Waals surface area contributed by atoms with E-state index in [-0.39, 0.29) is 5.89 Å². The zero-order valence-corrected chi connectivity index (χ0v) is 15.8. The minimum absolute atomic E-state index is 0.234. The monoisotopic (exact) mass is 392 g/mol. The van der Waals surface area contributed by atoms with Crippen molar-refractivity contribution in [2.75, 3.05) is 0 Å². The summed E-state index contributed by atoms with van der Waals surface area (Å²) in [5, 5.41) is 9.92. The number of para-hydroxylation sites is 2. The van der Waals surface area contributed by atoms with Gasteiger partial charge in [0.2, 0.25) is 0 Å². The summed E-state index contributed by atoms with van der Waals surface area (Å²) in [6.45, 7) is 1.68. The van der Waals surface area contributed by atoms with Gasteiger partial charge in [-0.25, -0.2) is 4.79 Å². The van der Waals surface area contributed by atoms with Gasteiger partial charge in [-0.2, -0.15) is 0 Å². The Morgan fingerprint density at radius 2 is 1.79 bits per heavy atom. The van der Waals surface area contributed by atoms with Crippen LogP contribution in [0.3, 0.4) is 0 Å². The molecule has 0 spiro atoms. The zero-order chi connectivity index (χ0) is 19.3. The first kappa shape index (κ1) is 17.9. The average molecular weight is 392 g/mol. The van der Waals surface area contributed by atoms with Crippen LogP contribution in [0.4, 0.5) is 0 Å². The number of nitrogens with zero attached hydrogens (tertiary/aromatic N) is 2. The maximum atomic E-state index is 12.7. The summed E-state index contributed by atoms with van der Waals surface area (Å²) in [5.41, 5.74) is 0.316. The molecule has 0 fully saturated rings. The van der Waals surface area contributed by atoms with Crippen LogP contribution in [0.15, 0.2) is 76.5 Å². The lowest BCUT2D eigenvalue weighted by Gasteiger charge is -2.13. The van der Waals surface area contributed by atoms with E-state index in [0.29, 0.717) is 23.0 Å². The lowest BCUT2D eigenvalue weighted by Crippen LogP contribution is -2.10. The van der Waals surface area contributed by atoms with E-state index in [1.54, 1.807) is 31.2 Å². The molecule has 0 bridgehead atoms. The Morgan fingerprint density at radius 1 is 1.00 bits per heavy atom. The van der Waals surface area contributed by atoms with Gasteiger partial charge in [0.1, 0.15) is 17.1 Å². The molecule has 4 rings (SSSR count). The van der Waals surface area contributed by atoms with E-state index in [9.17, 15) is 4.79 Å². The first-order valence-corrected chi connectivity index (χ1v) is 9.49. The van der Waals surface area contributed by atoms with E-state index in [4.69, 9.17) is 13.9 Å².